The van der Waals surface area contributed by atoms with Crippen LogP contribution in [0.5, 0.6) is 11.5 Å². The fraction of sp³-hybridized carbons (Fsp3) is 0.261. The van der Waals surface area contributed by atoms with Crippen LogP contribution in [0.3, 0.4) is 0 Å². The number of nitrogens with one attached hydrogen (secondary N) is 1. The van der Waals surface area contributed by atoms with Crippen LogP contribution in [0.15, 0.2) is 59.3 Å². The highest BCUT2D eigenvalue weighted by Crippen LogP contribution is 2.35. The van der Waals surface area contributed by atoms with Gasteiger partial charge in [-0.05, 0) is 25.1 Å². The summed E-state index contributed by atoms with van der Waals surface area (Å²) in [5.74, 6) is 2.65. The number of ether oxygens (including phenoxy) is 2. The molecule has 0 aliphatic carbocycles. The van der Waals surface area contributed by atoms with Gasteiger partial charge in [0.05, 0.1) is 11.7 Å². The largest absolute Gasteiger partial charge is 0.486 e. The average Bonchev–Trinajstić information content (AvgIpc) is 3.45. The van der Waals surface area contributed by atoms with Gasteiger partial charge in [-0.2, -0.15) is 10.1 Å². The SMILES string of the molecule is CC(NCc1cn(C)nc1-c1ccc2c(c1)OCCO2)c1nc(-c2ccccc2)no1. The van der Waals surface area contributed by atoms with Crippen molar-refractivity contribution < 1.29 is 14.0 Å². The van der Waals surface area contributed by atoms with E-state index in [1.807, 2.05) is 73.4 Å². The van der Waals surface area contributed by atoms with E-state index in [9.17, 15) is 0 Å². The molecule has 0 saturated carbocycles. The lowest BCUT2D eigenvalue weighted by atomic mass is 10.1. The maximum Gasteiger partial charge on any atom is 0.243 e. The van der Waals surface area contributed by atoms with Crippen molar-refractivity contribution in [1.82, 2.24) is 25.2 Å². The van der Waals surface area contributed by atoms with Gasteiger partial charge in [-0.1, -0.05) is 35.5 Å². The van der Waals surface area contributed by atoms with Gasteiger partial charge in [0.25, 0.3) is 0 Å². The van der Waals surface area contributed by atoms with Crippen molar-refractivity contribution in [3.8, 4) is 34.1 Å². The quantitative estimate of drug-likeness (QED) is 0.511. The highest BCUT2D eigenvalue weighted by atomic mass is 16.6. The van der Waals surface area contributed by atoms with Gasteiger partial charge in [0, 0.05) is 36.5 Å². The summed E-state index contributed by atoms with van der Waals surface area (Å²) in [6.45, 7) is 3.73. The minimum absolute atomic E-state index is 0.113. The lowest BCUT2D eigenvalue weighted by Crippen LogP contribution is -2.18. The molecule has 1 aliphatic heterocycles. The van der Waals surface area contributed by atoms with Crippen LogP contribution in [0, 0.1) is 0 Å². The van der Waals surface area contributed by atoms with Crippen molar-refractivity contribution in [2.75, 3.05) is 13.2 Å². The molecule has 3 heterocycles. The number of hydrogen-bond acceptors (Lipinski definition) is 7. The molecule has 0 spiro atoms. The van der Waals surface area contributed by atoms with Crippen molar-refractivity contribution in [1.29, 1.82) is 0 Å². The molecule has 4 aromatic rings. The van der Waals surface area contributed by atoms with Crippen LogP contribution in [0.25, 0.3) is 22.6 Å². The van der Waals surface area contributed by atoms with Crippen LogP contribution in [0.2, 0.25) is 0 Å². The highest BCUT2D eigenvalue weighted by Gasteiger charge is 2.19. The summed E-state index contributed by atoms with van der Waals surface area (Å²) < 4.78 is 18.6. The van der Waals surface area contributed by atoms with Crippen LogP contribution >= 0.6 is 0 Å². The fourth-order valence-corrected chi connectivity index (χ4v) is 3.57. The van der Waals surface area contributed by atoms with Crippen LogP contribution in [0.1, 0.15) is 24.4 Å². The van der Waals surface area contributed by atoms with Gasteiger partial charge < -0.3 is 19.3 Å². The second kappa shape index (κ2) is 8.23. The van der Waals surface area contributed by atoms with Crippen LogP contribution in [-0.4, -0.2) is 33.1 Å². The monoisotopic (exact) mass is 417 g/mol. The Balaban J connectivity index is 1.32. The minimum Gasteiger partial charge on any atom is -0.486 e. The highest BCUT2D eigenvalue weighted by molar-refractivity contribution is 5.67. The Hall–Kier alpha value is -3.65. The molecule has 0 radical (unpaired) electrons. The summed E-state index contributed by atoms with van der Waals surface area (Å²) >= 11 is 0. The Morgan fingerprint density at radius 1 is 1.03 bits per heavy atom. The molecule has 1 atom stereocenters. The van der Waals surface area contributed by atoms with Gasteiger partial charge in [-0.3, -0.25) is 4.68 Å². The molecule has 1 N–H and O–H groups in total. The molecular formula is C23H23N5O3. The van der Waals surface area contributed by atoms with Crippen LogP contribution < -0.4 is 14.8 Å². The number of benzene rings is 2. The van der Waals surface area contributed by atoms with E-state index in [0.29, 0.717) is 31.5 Å². The van der Waals surface area contributed by atoms with Crippen molar-refractivity contribution >= 4 is 0 Å². The van der Waals surface area contributed by atoms with E-state index >= 15 is 0 Å². The molecule has 0 bridgehead atoms. The molecule has 1 aliphatic rings. The van der Waals surface area contributed by atoms with Crippen molar-refractivity contribution in [3.63, 3.8) is 0 Å². The predicted octanol–water partition coefficient (Wildman–Crippen LogP) is 3.76. The van der Waals surface area contributed by atoms with Gasteiger partial charge >= 0.3 is 0 Å². The minimum atomic E-state index is -0.113. The standard InChI is InChI=1S/C23H23N5O3/c1-15(23-25-22(27-31-23)16-6-4-3-5-7-16)24-13-18-14-28(2)26-21(18)17-8-9-19-20(12-17)30-11-10-29-19/h3-9,12,14-15,24H,10-11,13H2,1-2H3. The molecular weight excluding hydrogens is 394 g/mol. The zero-order valence-corrected chi connectivity index (χ0v) is 17.4. The van der Waals surface area contributed by atoms with E-state index in [1.54, 1.807) is 0 Å². The molecule has 2 aromatic heterocycles. The maximum atomic E-state index is 5.72. The summed E-state index contributed by atoms with van der Waals surface area (Å²) in [7, 11) is 1.92. The lowest BCUT2D eigenvalue weighted by Gasteiger charge is -2.18. The zero-order valence-electron chi connectivity index (χ0n) is 17.4. The maximum absolute atomic E-state index is 5.72. The summed E-state index contributed by atoms with van der Waals surface area (Å²) in [4.78, 5) is 4.54. The van der Waals surface area contributed by atoms with E-state index in [1.165, 1.54) is 0 Å². The zero-order chi connectivity index (χ0) is 21.2. The third kappa shape index (κ3) is 4.02. The first-order valence-electron chi connectivity index (χ1n) is 10.2. The van der Waals surface area contributed by atoms with E-state index in [4.69, 9.17) is 14.0 Å². The smallest absolute Gasteiger partial charge is 0.243 e. The predicted molar refractivity (Wildman–Crippen MR) is 115 cm³/mol. The molecule has 0 fully saturated rings. The second-order valence-electron chi connectivity index (χ2n) is 7.46. The number of aryl methyl sites for hydroxylation is 1. The van der Waals surface area contributed by atoms with Gasteiger partial charge in [0.1, 0.15) is 13.2 Å². The molecule has 31 heavy (non-hydrogen) atoms. The third-order valence-electron chi connectivity index (χ3n) is 5.16. The summed E-state index contributed by atoms with van der Waals surface area (Å²) in [5, 5.41) is 12.2. The number of rotatable bonds is 6. The summed E-state index contributed by atoms with van der Waals surface area (Å²) in [5.41, 5.74) is 3.87. The number of aromatic nitrogens is 4. The number of hydrogen-bond donors (Lipinski definition) is 1. The lowest BCUT2D eigenvalue weighted by molar-refractivity contribution is 0.171. The first-order valence-corrected chi connectivity index (χ1v) is 10.2. The Bertz CT molecular complexity index is 1190. The molecule has 8 heteroatoms. The third-order valence-corrected chi connectivity index (χ3v) is 5.16. The molecule has 0 saturated heterocycles. The molecule has 0 amide bonds. The topological polar surface area (TPSA) is 87.2 Å². The van der Waals surface area contributed by atoms with E-state index in [-0.39, 0.29) is 6.04 Å². The van der Waals surface area contributed by atoms with E-state index in [2.05, 4.69) is 20.6 Å². The summed E-state index contributed by atoms with van der Waals surface area (Å²) in [6.07, 6.45) is 2.01. The van der Waals surface area contributed by atoms with Gasteiger partial charge in [-0.25, -0.2) is 0 Å². The van der Waals surface area contributed by atoms with Gasteiger partial charge in [-0.15, -0.1) is 0 Å². The van der Waals surface area contributed by atoms with Crippen LogP contribution in [0.4, 0.5) is 0 Å². The first kappa shape index (κ1) is 19.3. The van der Waals surface area contributed by atoms with Crippen molar-refractivity contribution in [3.05, 3.63) is 66.2 Å². The molecule has 158 valence electrons. The van der Waals surface area contributed by atoms with E-state index < -0.39 is 0 Å². The first-order chi connectivity index (χ1) is 15.2. The van der Waals surface area contributed by atoms with Gasteiger partial charge in [0.15, 0.2) is 11.5 Å². The molecule has 8 nitrogen and oxygen atoms in total. The average molecular weight is 417 g/mol. The second-order valence-corrected chi connectivity index (χ2v) is 7.46. The fourth-order valence-electron chi connectivity index (χ4n) is 3.57. The van der Waals surface area contributed by atoms with Crippen LogP contribution in [-0.2, 0) is 13.6 Å². The summed E-state index contributed by atoms with van der Waals surface area (Å²) in [6, 6.07) is 15.6. The molecule has 2 aromatic carbocycles. The Labute approximate surface area is 179 Å². The Kier molecular flexibility index (Phi) is 5.13. The Morgan fingerprint density at radius 3 is 2.68 bits per heavy atom. The Morgan fingerprint density at radius 2 is 1.84 bits per heavy atom. The van der Waals surface area contributed by atoms with E-state index in [0.717, 1.165) is 33.9 Å². The number of nitrogens with zero attached hydrogens (tertiary/aromatic N) is 4. The molecule has 5 rings (SSSR count). The molecule has 1 unspecified atom stereocenters. The van der Waals surface area contributed by atoms with Crippen molar-refractivity contribution in [2.24, 2.45) is 7.05 Å². The number of fused-ring (bicyclic) bond motifs is 1. The van der Waals surface area contributed by atoms with Gasteiger partial charge in [0.2, 0.25) is 11.7 Å². The van der Waals surface area contributed by atoms with Crippen molar-refractivity contribution in [2.45, 2.75) is 19.5 Å². The normalized spacial score (nSPS) is 13.9.